The Morgan fingerprint density at radius 2 is 2.06 bits per heavy atom. The number of halogens is 1. The van der Waals surface area contributed by atoms with Crippen LogP contribution < -0.4 is 5.32 Å². The summed E-state index contributed by atoms with van der Waals surface area (Å²) in [6.07, 6.45) is 2.28. The number of carbonyl (C=O) groups is 1. The molecule has 0 spiro atoms. The zero-order valence-corrected chi connectivity index (χ0v) is 10.3. The van der Waals surface area contributed by atoms with Crippen molar-refractivity contribution in [3.63, 3.8) is 0 Å². The van der Waals surface area contributed by atoms with E-state index in [1.807, 2.05) is 0 Å². The maximum absolute atomic E-state index is 12.2. The van der Waals surface area contributed by atoms with Crippen LogP contribution in [-0.2, 0) is 0 Å². The number of carbonyl (C=O) groups excluding carboxylic acids is 1. The van der Waals surface area contributed by atoms with E-state index in [-0.39, 0.29) is 5.91 Å². The SMILES string of the molecule is O=C(c1n[nH]c(C2CC2)c1Cl)N1CCNCC1. The van der Waals surface area contributed by atoms with Crippen molar-refractivity contribution in [3.05, 3.63) is 16.4 Å². The number of hydrogen-bond acceptors (Lipinski definition) is 3. The first-order chi connectivity index (χ1) is 8.27. The standard InChI is InChI=1S/C11H15ClN4O/c12-8-9(7-1-2-7)14-15-10(8)11(17)16-5-3-13-4-6-16/h7,13H,1-6H2,(H,14,15). The summed E-state index contributed by atoms with van der Waals surface area (Å²) >= 11 is 6.22. The molecule has 1 aromatic heterocycles. The van der Waals surface area contributed by atoms with Gasteiger partial charge in [0.25, 0.3) is 5.91 Å². The van der Waals surface area contributed by atoms with Crippen LogP contribution in [0, 0.1) is 0 Å². The summed E-state index contributed by atoms with van der Waals surface area (Å²) in [5, 5.41) is 10.7. The second-order valence-corrected chi connectivity index (χ2v) is 4.99. The van der Waals surface area contributed by atoms with E-state index < -0.39 is 0 Å². The molecule has 2 N–H and O–H groups in total. The fraction of sp³-hybridized carbons (Fsp3) is 0.636. The molecule has 2 heterocycles. The molecule has 2 fully saturated rings. The zero-order valence-electron chi connectivity index (χ0n) is 9.50. The molecule has 0 aromatic carbocycles. The predicted octanol–water partition coefficient (Wildman–Crippen LogP) is 0.986. The first kappa shape index (κ1) is 11.0. The molecule has 17 heavy (non-hydrogen) atoms. The molecule has 3 rings (SSSR count). The van der Waals surface area contributed by atoms with Crippen molar-refractivity contribution in [2.24, 2.45) is 0 Å². The van der Waals surface area contributed by atoms with Crippen LogP contribution in [0.1, 0.15) is 34.9 Å². The average Bonchev–Trinajstić information content (AvgIpc) is 3.13. The molecule has 1 saturated carbocycles. The Bertz CT molecular complexity index is 435. The summed E-state index contributed by atoms with van der Waals surface area (Å²) in [5.41, 5.74) is 1.32. The van der Waals surface area contributed by atoms with Gasteiger partial charge < -0.3 is 10.2 Å². The lowest BCUT2D eigenvalue weighted by Crippen LogP contribution is -2.46. The highest BCUT2D eigenvalue weighted by atomic mass is 35.5. The summed E-state index contributed by atoms with van der Waals surface area (Å²) in [6.45, 7) is 3.12. The molecular weight excluding hydrogens is 240 g/mol. The third-order valence-electron chi connectivity index (χ3n) is 3.32. The highest BCUT2D eigenvalue weighted by Gasteiger charge is 2.32. The summed E-state index contributed by atoms with van der Waals surface area (Å²) in [7, 11) is 0. The Hall–Kier alpha value is -1.07. The maximum Gasteiger partial charge on any atom is 0.276 e. The van der Waals surface area contributed by atoms with Crippen molar-refractivity contribution in [3.8, 4) is 0 Å². The van der Waals surface area contributed by atoms with Crippen molar-refractivity contribution in [2.45, 2.75) is 18.8 Å². The van der Waals surface area contributed by atoms with Crippen molar-refractivity contribution in [1.82, 2.24) is 20.4 Å². The molecule has 0 bridgehead atoms. The summed E-state index contributed by atoms with van der Waals surface area (Å²) in [5.74, 6) is 0.430. The molecular formula is C11H15ClN4O. The Balaban J connectivity index is 1.80. The molecule has 0 unspecified atom stereocenters. The van der Waals surface area contributed by atoms with Crippen LogP contribution in [0.25, 0.3) is 0 Å². The van der Waals surface area contributed by atoms with Gasteiger partial charge in [0.2, 0.25) is 0 Å². The molecule has 5 nitrogen and oxygen atoms in total. The highest BCUT2D eigenvalue weighted by Crippen LogP contribution is 2.42. The number of H-pyrrole nitrogens is 1. The van der Waals surface area contributed by atoms with E-state index in [0.29, 0.717) is 16.6 Å². The van der Waals surface area contributed by atoms with Crippen molar-refractivity contribution < 1.29 is 4.79 Å². The smallest absolute Gasteiger partial charge is 0.276 e. The molecule has 1 aliphatic heterocycles. The van der Waals surface area contributed by atoms with Crippen LogP contribution in [0.4, 0.5) is 0 Å². The van der Waals surface area contributed by atoms with Gasteiger partial charge in [-0.15, -0.1) is 0 Å². The highest BCUT2D eigenvalue weighted by molar-refractivity contribution is 6.34. The van der Waals surface area contributed by atoms with Gasteiger partial charge in [-0.3, -0.25) is 9.89 Å². The average molecular weight is 255 g/mol. The Morgan fingerprint density at radius 1 is 1.35 bits per heavy atom. The number of aromatic nitrogens is 2. The van der Waals surface area contributed by atoms with Crippen molar-refractivity contribution in [1.29, 1.82) is 0 Å². The number of amides is 1. The van der Waals surface area contributed by atoms with Crippen LogP contribution in [0.3, 0.4) is 0 Å². The minimum atomic E-state index is -0.0559. The second-order valence-electron chi connectivity index (χ2n) is 4.62. The van der Waals surface area contributed by atoms with Crippen LogP contribution in [0.5, 0.6) is 0 Å². The summed E-state index contributed by atoms with van der Waals surface area (Å²) < 4.78 is 0. The quantitative estimate of drug-likeness (QED) is 0.827. The van der Waals surface area contributed by atoms with Gasteiger partial charge in [-0.25, -0.2) is 0 Å². The predicted molar refractivity (Wildman–Crippen MR) is 64.3 cm³/mol. The van der Waals surface area contributed by atoms with Crippen LogP contribution in [-0.4, -0.2) is 47.2 Å². The van der Waals surface area contributed by atoms with Gasteiger partial charge in [0.1, 0.15) is 0 Å². The van der Waals surface area contributed by atoms with Gasteiger partial charge >= 0.3 is 0 Å². The second kappa shape index (κ2) is 4.31. The Labute approximate surface area is 105 Å². The van der Waals surface area contributed by atoms with E-state index in [1.54, 1.807) is 4.90 Å². The molecule has 1 amide bonds. The van der Waals surface area contributed by atoms with E-state index >= 15 is 0 Å². The van der Waals surface area contributed by atoms with E-state index in [0.717, 1.165) is 44.7 Å². The van der Waals surface area contributed by atoms with E-state index in [2.05, 4.69) is 15.5 Å². The van der Waals surface area contributed by atoms with Gasteiger partial charge in [0.15, 0.2) is 5.69 Å². The van der Waals surface area contributed by atoms with Gasteiger partial charge in [0, 0.05) is 32.1 Å². The summed E-state index contributed by atoms with van der Waals surface area (Å²) in [4.78, 5) is 14.0. The molecule has 92 valence electrons. The monoisotopic (exact) mass is 254 g/mol. The largest absolute Gasteiger partial charge is 0.335 e. The lowest BCUT2D eigenvalue weighted by Gasteiger charge is -2.26. The van der Waals surface area contributed by atoms with Crippen molar-refractivity contribution in [2.75, 3.05) is 26.2 Å². The number of hydrogen-bond donors (Lipinski definition) is 2. The third kappa shape index (κ3) is 2.05. The van der Waals surface area contributed by atoms with E-state index in [9.17, 15) is 4.79 Å². The first-order valence-electron chi connectivity index (χ1n) is 6.01. The topological polar surface area (TPSA) is 61.0 Å². The van der Waals surface area contributed by atoms with Gasteiger partial charge in [-0.1, -0.05) is 11.6 Å². The third-order valence-corrected chi connectivity index (χ3v) is 3.71. The lowest BCUT2D eigenvalue weighted by molar-refractivity contribution is 0.0730. The number of aromatic amines is 1. The molecule has 6 heteroatoms. The Morgan fingerprint density at radius 3 is 2.71 bits per heavy atom. The fourth-order valence-corrected chi connectivity index (χ4v) is 2.46. The number of nitrogens with one attached hydrogen (secondary N) is 2. The van der Waals surface area contributed by atoms with Crippen molar-refractivity contribution >= 4 is 17.5 Å². The van der Waals surface area contributed by atoms with Gasteiger partial charge in [-0.2, -0.15) is 5.10 Å². The summed E-state index contributed by atoms with van der Waals surface area (Å²) in [6, 6.07) is 0. The minimum absolute atomic E-state index is 0.0559. The molecule has 1 aliphatic carbocycles. The van der Waals surface area contributed by atoms with Crippen LogP contribution in [0.15, 0.2) is 0 Å². The minimum Gasteiger partial charge on any atom is -0.335 e. The van der Waals surface area contributed by atoms with E-state index in [1.165, 1.54) is 0 Å². The number of nitrogens with zero attached hydrogens (tertiary/aromatic N) is 2. The van der Waals surface area contributed by atoms with Crippen LogP contribution in [0.2, 0.25) is 5.02 Å². The maximum atomic E-state index is 12.2. The number of rotatable bonds is 2. The van der Waals surface area contributed by atoms with Gasteiger partial charge in [-0.05, 0) is 12.8 Å². The Kier molecular flexibility index (Phi) is 2.80. The van der Waals surface area contributed by atoms with Crippen LogP contribution >= 0.6 is 11.6 Å². The molecule has 1 aromatic rings. The molecule has 1 saturated heterocycles. The molecule has 0 atom stereocenters. The number of piperazine rings is 1. The molecule has 2 aliphatic rings. The zero-order chi connectivity index (χ0) is 11.8. The normalized spacial score (nSPS) is 20.6. The van der Waals surface area contributed by atoms with Gasteiger partial charge in [0.05, 0.1) is 10.7 Å². The fourth-order valence-electron chi connectivity index (χ4n) is 2.14. The first-order valence-corrected chi connectivity index (χ1v) is 6.39. The molecule has 0 radical (unpaired) electrons. The lowest BCUT2D eigenvalue weighted by atomic mass is 10.2. The van der Waals surface area contributed by atoms with E-state index in [4.69, 9.17) is 11.6 Å².